The van der Waals surface area contributed by atoms with Crippen LogP contribution in [0.5, 0.6) is 0 Å². The number of amides is 3. The molecule has 0 saturated heterocycles. The van der Waals surface area contributed by atoms with Crippen LogP contribution in [0.1, 0.15) is 0 Å². The number of benzene rings is 1. The van der Waals surface area contributed by atoms with E-state index in [-0.39, 0.29) is 11.7 Å². The molecule has 1 aromatic heterocycles. The molecule has 1 aromatic carbocycles. The first-order valence-electron chi connectivity index (χ1n) is 7.41. The normalized spacial score (nSPS) is 10.5. The molecule has 8 heteroatoms. The zero-order valence-electron chi connectivity index (χ0n) is 13.4. The van der Waals surface area contributed by atoms with Gasteiger partial charge in [-0.2, -0.15) is 0 Å². The van der Waals surface area contributed by atoms with E-state index in [2.05, 4.69) is 22.2 Å². The van der Waals surface area contributed by atoms with Gasteiger partial charge in [-0.15, -0.1) is 6.58 Å². The number of allylic oxidation sites excluding steroid dienone is 1. The Bertz CT molecular complexity index is 729. The predicted octanol–water partition coefficient (Wildman–Crippen LogP) is 1.79. The smallest absolute Gasteiger partial charge is 0.321 e. The van der Waals surface area contributed by atoms with Crippen molar-refractivity contribution in [3.05, 3.63) is 36.9 Å². The molecule has 2 aromatic rings. The van der Waals surface area contributed by atoms with E-state index in [9.17, 15) is 9.59 Å². The minimum atomic E-state index is -0.530. The van der Waals surface area contributed by atoms with Crippen LogP contribution in [-0.2, 0) is 16.1 Å². The van der Waals surface area contributed by atoms with Crippen LogP contribution in [-0.4, -0.2) is 47.5 Å². The molecule has 0 bridgehead atoms. The highest BCUT2D eigenvalue weighted by Crippen LogP contribution is 2.23. The van der Waals surface area contributed by atoms with Crippen LogP contribution in [0.3, 0.4) is 0 Å². The quantitative estimate of drug-likeness (QED) is 0.432. The largest absolute Gasteiger partial charge is 0.383 e. The zero-order valence-corrected chi connectivity index (χ0v) is 14.3. The molecule has 0 atom stereocenters. The molecule has 0 radical (unpaired) electrons. The van der Waals surface area contributed by atoms with Gasteiger partial charge in [0, 0.05) is 20.2 Å². The molecule has 128 valence electrons. The van der Waals surface area contributed by atoms with E-state index in [0.29, 0.717) is 24.9 Å². The van der Waals surface area contributed by atoms with E-state index in [1.54, 1.807) is 6.08 Å². The number of methoxy groups -OCH3 is 1. The molecule has 0 aliphatic carbocycles. The van der Waals surface area contributed by atoms with Gasteiger partial charge < -0.3 is 14.6 Å². The average Bonchev–Trinajstić information content (AvgIpc) is 2.91. The van der Waals surface area contributed by atoms with Gasteiger partial charge in [-0.25, -0.2) is 9.78 Å². The van der Waals surface area contributed by atoms with E-state index in [1.807, 2.05) is 28.8 Å². The Hall–Kier alpha value is -2.32. The summed E-state index contributed by atoms with van der Waals surface area (Å²) in [6, 6.07) is 7.22. The molecular formula is C16H20N4O3S. The molecule has 1 heterocycles. The fraction of sp³-hybridized carbons (Fsp3) is 0.312. The Labute approximate surface area is 144 Å². The lowest BCUT2D eigenvalue weighted by molar-refractivity contribution is -0.117. The first-order valence-corrected chi connectivity index (χ1v) is 8.40. The van der Waals surface area contributed by atoms with Crippen LogP contribution in [0.25, 0.3) is 11.0 Å². The molecule has 0 unspecified atom stereocenters. The standard InChI is InChI=1S/C16H20N4O3S/c1-3-9-20-13-7-5-4-6-12(13)18-16(20)24-11-14(21)19-15(22)17-8-10-23-2/h3-7H,1,8-11H2,2H3,(H2,17,19,21,22). The molecule has 2 rings (SSSR count). The molecule has 0 aliphatic heterocycles. The van der Waals surface area contributed by atoms with Crippen LogP contribution in [0.2, 0.25) is 0 Å². The maximum atomic E-state index is 11.9. The van der Waals surface area contributed by atoms with Crippen LogP contribution in [0.4, 0.5) is 4.79 Å². The van der Waals surface area contributed by atoms with E-state index >= 15 is 0 Å². The lowest BCUT2D eigenvalue weighted by atomic mass is 10.3. The van der Waals surface area contributed by atoms with Crippen molar-refractivity contribution in [1.82, 2.24) is 20.2 Å². The van der Waals surface area contributed by atoms with Gasteiger partial charge >= 0.3 is 6.03 Å². The summed E-state index contributed by atoms with van der Waals surface area (Å²) in [4.78, 5) is 27.9. The third-order valence-corrected chi connectivity index (χ3v) is 4.08. The number of rotatable bonds is 8. The van der Waals surface area contributed by atoms with Gasteiger partial charge in [-0.05, 0) is 12.1 Å². The third-order valence-electron chi connectivity index (χ3n) is 3.11. The SMILES string of the molecule is C=CCn1c(SCC(=O)NC(=O)NCCOC)nc2ccccc21. The maximum absolute atomic E-state index is 11.9. The second kappa shape index (κ2) is 9.09. The minimum absolute atomic E-state index is 0.0954. The number of imide groups is 1. The minimum Gasteiger partial charge on any atom is -0.383 e. The number of fused-ring (bicyclic) bond motifs is 1. The first-order chi connectivity index (χ1) is 11.7. The van der Waals surface area contributed by atoms with Crippen molar-refractivity contribution in [1.29, 1.82) is 0 Å². The van der Waals surface area contributed by atoms with Crippen molar-refractivity contribution < 1.29 is 14.3 Å². The number of imidazole rings is 1. The summed E-state index contributed by atoms with van der Waals surface area (Å²) in [7, 11) is 1.54. The second-order valence-corrected chi connectivity index (χ2v) is 5.81. The van der Waals surface area contributed by atoms with Gasteiger partial charge in [-0.3, -0.25) is 10.1 Å². The number of para-hydroxylation sites is 2. The number of ether oxygens (including phenoxy) is 1. The van der Waals surface area contributed by atoms with Crippen molar-refractivity contribution in [2.75, 3.05) is 26.0 Å². The number of carbonyl (C=O) groups excluding carboxylic acids is 2. The molecular weight excluding hydrogens is 328 g/mol. The van der Waals surface area contributed by atoms with Crippen LogP contribution in [0, 0.1) is 0 Å². The van der Waals surface area contributed by atoms with Gasteiger partial charge in [0.15, 0.2) is 5.16 Å². The predicted molar refractivity (Wildman–Crippen MR) is 94.1 cm³/mol. The van der Waals surface area contributed by atoms with E-state index in [4.69, 9.17) is 4.74 Å². The third kappa shape index (κ3) is 4.84. The molecule has 0 fully saturated rings. The highest BCUT2D eigenvalue weighted by Gasteiger charge is 2.13. The van der Waals surface area contributed by atoms with Gasteiger partial charge in [-0.1, -0.05) is 30.0 Å². The van der Waals surface area contributed by atoms with Crippen LogP contribution >= 0.6 is 11.8 Å². The van der Waals surface area contributed by atoms with Crippen LogP contribution in [0.15, 0.2) is 42.1 Å². The van der Waals surface area contributed by atoms with Crippen molar-refractivity contribution in [3.63, 3.8) is 0 Å². The van der Waals surface area contributed by atoms with Crippen LogP contribution < -0.4 is 10.6 Å². The summed E-state index contributed by atoms with van der Waals surface area (Å²) in [5.74, 6) is -0.287. The monoisotopic (exact) mass is 348 g/mol. The molecule has 24 heavy (non-hydrogen) atoms. The summed E-state index contributed by atoms with van der Waals surface area (Å²) < 4.78 is 6.80. The molecule has 0 saturated carbocycles. The van der Waals surface area contributed by atoms with Crippen molar-refractivity contribution in [2.45, 2.75) is 11.7 Å². The number of aromatic nitrogens is 2. The van der Waals surface area contributed by atoms with Gasteiger partial charge in [0.25, 0.3) is 0 Å². The number of nitrogens with one attached hydrogen (secondary N) is 2. The Morgan fingerprint density at radius 3 is 2.96 bits per heavy atom. The van der Waals surface area contributed by atoms with Gasteiger partial charge in [0.2, 0.25) is 5.91 Å². The highest BCUT2D eigenvalue weighted by molar-refractivity contribution is 7.99. The molecule has 0 aliphatic rings. The van der Waals surface area contributed by atoms with Gasteiger partial charge in [0.1, 0.15) is 0 Å². The number of carbonyl (C=O) groups is 2. The Morgan fingerprint density at radius 2 is 2.21 bits per heavy atom. The fourth-order valence-electron chi connectivity index (χ4n) is 2.07. The molecule has 3 amide bonds. The summed E-state index contributed by atoms with van der Waals surface area (Å²) in [6.45, 7) is 5.09. The van der Waals surface area contributed by atoms with Crippen molar-refractivity contribution in [3.8, 4) is 0 Å². The number of nitrogens with zero attached hydrogens (tertiary/aromatic N) is 2. The lowest BCUT2D eigenvalue weighted by Crippen LogP contribution is -2.41. The summed E-state index contributed by atoms with van der Waals surface area (Å²) in [5.41, 5.74) is 1.84. The van der Waals surface area contributed by atoms with E-state index in [1.165, 1.54) is 18.9 Å². The van der Waals surface area contributed by atoms with Crippen molar-refractivity contribution in [2.24, 2.45) is 0 Å². The highest BCUT2D eigenvalue weighted by atomic mass is 32.2. The number of hydrogen-bond donors (Lipinski definition) is 2. The average molecular weight is 348 g/mol. The lowest BCUT2D eigenvalue weighted by Gasteiger charge is -2.07. The van der Waals surface area contributed by atoms with E-state index < -0.39 is 6.03 Å². The molecule has 2 N–H and O–H groups in total. The molecule has 7 nitrogen and oxygen atoms in total. The molecule has 0 spiro atoms. The Balaban J connectivity index is 1.95. The summed E-state index contributed by atoms with van der Waals surface area (Å²) in [5, 5.41) is 5.51. The maximum Gasteiger partial charge on any atom is 0.321 e. The first kappa shape index (κ1) is 18.0. The topological polar surface area (TPSA) is 85.2 Å². The number of urea groups is 1. The Morgan fingerprint density at radius 1 is 1.42 bits per heavy atom. The number of hydrogen-bond acceptors (Lipinski definition) is 5. The van der Waals surface area contributed by atoms with Crippen molar-refractivity contribution >= 4 is 34.7 Å². The zero-order chi connectivity index (χ0) is 17.4. The second-order valence-electron chi connectivity index (χ2n) is 4.87. The number of thioether (sulfide) groups is 1. The summed E-state index contributed by atoms with van der Waals surface area (Å²) in [6.07, 6.45) is 1.78. The van der Waals surface area contributed by atoms with Gasteiger partial charge in [0.05, 0.1) is 23.4 Å². The fourth-order valence-corrected chi connectivity index (χ4v) is 2.90. The Kier molecular flexibility index (Phi) is 6.83. The summed E-state index contributed by atoms with van der Waals surface area (Å²) >= 11 is 1.28. The van der Waals surface area contributed by atoms with E-state index in [0.717, 1.165) is 11.0 Å².